The van der Waals surface area contributed by atoms with Crippen LogP contribution in [0.5, 0.6) is 5.75 Å². The average molecular weight is 209 g/mol. The smallest absolute Gasteiger partial charge is 0.227 e. The van der Waals surface area contributed by atoms with Gasteiger partial charge in [0.2, 0.25) is 5.95 Å². The molecule has 0 N–H and O–H groups in total. The Morgan fingerprint density at radius 3 is 3.30 bits per heavy atom. The van der Waals surface area contributed by atoms with Gasteiger partial charge >= 0.3 is 0 Å². The fraction of sp³-hybridized carbons (Fsp3) is 0.167. The van der Waals surface area contributed by atoms with Crippen LogP contribution in [0, 0.1) is 5.95 Å². The Hall–Kier alpha value is -0.640. The molecule has 1 aromatic rings. The van der Waals surface area contributed by atoms with Crippen molar-refractivity contribution in [3.05, 3.63) is 22.7 Å². The molecule has 0 aliphatic carbocycles. The first-order valence-electron chi connectivity index (χ1n) is 3.88. The molecular formula is C6H5BrFNO. The van der Waals surface area contributed by atoms with Crippen LogP contribution in [0.2, 0.25) is 0 Å². The molecule has 0 radical (unpaired) electrons. The molecule has 1 heterocycles. The van der Waals surface area contributed by atoms with Crippen molar-refractivity contribution >= 4 is 15.9 Å². The Labute approximate surface area is 70.4 Å². The summed E-state index contributed by atoms with van der Waals surface area (Å²) in [6.07, 6.45) is 1.01. The summed E-state index contributed by atoms with van der Waals surface area (Å²) in [6, 6.07) is 1.20. The zero-order chi connectivity index (χ0) is 10.1. The summed E-state index contributed by atoms with van der Waals surface area (Å²) in [7, 11) is -2.54. The van der Waals surface area contributed by atoms with E-state index in [4.69, 9.17) is 4.11 Å². The fourth-order valence-corrected chi connectivity index (χ4v) is 0.787. The zero-order valence-corrected chi connectivity index (χ0v) is 6.35. The van der Waals surface area contributed by atoms with E-state index in [-0.39, 0.29) is 10.2 Å². The van der Waals surface area contributed by atoms with E-state index in [9.17, 15) is 4.39 Å². The summed E-state index contributed by atoms with van der Waals surface area (Å²) in [6.45, 7) is 0. The first-order chi connectivity index (χ1) is 5.88. The molecule has 1 rings (SSSR count). The molecule has 0 atom stereocenters. The molecule has 0 aliphatic heterocycles. The van der Waals surface area contributed by atoms with E-state index >= 15 is 0 Å². The maximum absolute atomic E-state index is 12.6. The van der Waals surface area contributed by atoms with Crippen molar-refractivity contribution in [2.75, 3.05) is 7.04 Å². The molecule has 0 fully saturated rings. The predicted molar refractivity (Wildman–Crippen MR) is 38.4 cm³/mol. The maximum atomic E-state index is 12.6. The molecule has 2 nitrogen and oxygen atoms in total. The van der Waals surface area contributed by atoms with E-state index < -0.39 is 13.0 Å². The topological polar surface area (TPSA) is 22.1 Å². The SMILES string of the molecule is [2H]C([2H])([2H])Oc1cnc(F)c(Br)c1. The third-order valence-corrected chi connectivity index (χ3v) is 1.45. The van der Waals surface area contributed by atoms with Crippen molar-refractivity contribution in [3.8, 4) is 5.75 Å². The highest BCUT2D eigenvalue weighted by molar-refractivity contribution is 9.10. The fourth-order valence-electron chi connectivity index (χ4n) is 0.459. The van der Waals surface area contributed by atoms with Gasteiger partial charge in [0, 0.05) is 6.07 Å². The van der Waals surface area contributed by atoms with Crippen LogP contribution in [0.3, 0.4) is 0 Å². The van der Waals surface area contributed by atoms with Crippen LogP contribution in [0.1, 0.15) is 4.11 Å². The molecule has 0 spiro atoms. The number of ether oxygens (including phenoxy) is 1. The average Bonchev–Trinajstić information content (AvgIpc) is 1.94. The molecule has 10 heavy (non-hydrogen) atoms. The van der Waals surface area contributed by atoms with Gasteiger partial charge in [-0.3, -0.25) is 0 Å². The largest absolute Gasteiger partial charge is 0.495 e. The molecular weight excluding hydrogens is 201 g/mol. The second-order valence-corrected chi connectivity index (χ2v) is 2.40. The molecule has 0 aliphatic rings. The molecule has 54 valence electrons. The number of rotatable bonds is 1. The summed E-state index contributed by atoms with van der Waals surface area (Å²) >= 11 is 2.85. The Balaban J connectivity index is 2.86. The van der Waals surface area contributed by atoms with Gasteiger partial charge in [-0.15, -0.1) is 0 Å². The monoisotopic (exact) mass is 208 g/mol. The van der Waals surface area contributed by atoms with Crippen LogP contribution in [-0.4, -0.2) is 12.0 Å². The highest BCUT2D eigenvalue weighted by atomic mass is 79.9. The van der Waals surface area contributed by atoms with Crippen LogP contribution in [0.15, 0.2) is 16.7 Å². The third-order valence-electron chi connectivity index (χ3n) is 0.889. The van der Waals surface area contributed by atoms with Crippen LogP contribution in [0.4, 0.5) is 4.39 Å². The lowest BCUT2D eigenvalue weighted by molar-refractivity contribution is 0.409. The number of hydrogen-bond donors (Lipinski definition) is 0. The summed E-state index contributed by atoms with van der Waals surface area (Å²) in [5.74, 6) is -0.717. The van der Waals surface area contributed by atoms with E-state index in [0.29, 0.717) is 0 Å². The van der Waals surface area contributed by atoms with Crippen molar-refractivity contribution in [3.63, 3.8) is 0 Å². The molecule has 0 saturated carbocycles. The van der Waals surface area contributed by atoms with Crippen molar-refractivity contribution in [1.82, 2.24) is 4.98 Å². The maximum Gasteiger partial charge on any atom is 0.227 e. The number of aromatic nitrogens is 1. The Bertz CT molecular complexity index is 317. The van der Waals surface area contributed by atoms with Crippen LogP contribution < -0.4 is 4.74 Å². The second kappa shape index (κ2) is 2.96. The predicted octanol–water partition coefficient (Wildman–Crippen LogP) is 1.99. The number of methoxy groups -OCH3 is 1. The van der Waals surface area contributed by atoms with Gasteiger partial charge in [-0.2, -0.15) is 4.39 Å². The highest BCUT2D eigenvalue weighted by Gasteiger charge is 2.00. The number of hydrogen-bond acceptors (Lipinski definition) is 2. The molecule has 0 bridgehead atoms. The lowest BCUT2D eigenvalue weighted by Gasteiger charge is -1.98. The minimum absolute atomic E-state index is 0.00623. The molecule has 4 heteroatoms. The van der Waals surface area contributed by atoms with E-state index in [1.165, 1.54) is 6.07 Å². The number of nitrogens with zero attached hydrogens (tertiary/aromatic N) is 1. The van der Waals surface area contributed by atoms with Crippen LogP contribution in [0.25, 0.3) is 0 Å². The molecule has 0 aromatic carbocycles. The summed E-state index contributed by atoms with van der Waals surface area (Å²) in [4.78, 5) is 3.27. The van der Waals surface area contributed by atoms with Crippen LogP contribution >= 0.6 is 15.9 Å². The first kappa shape index (κ1) is 4.28. The zero-order valence-electron chi connectivity index (χ0n) is 7.77. The molecule has 0 amide bonds. The van der Waals surface area contributed by atoms with Gasteiger partial charge in [-0.05, 0) is 15.9 Å². The Morgan fingerprint density at radius 2 is 2.70 bits per heavy atom. The van der Waals surface area contributed by atoms with E-state index in [0.717, 1.165) is 6.20 Å². The Morgan fingerprint density at radius 1 is 1.90 bits per heavy atom. The normalized spacial score (nSPS) is 15.2. The second-order valence-electron chi connectivity index (χ2n) is 1.55. The van der Waals surface area contributed by atoms with Gasteiger partial charge in [0.25, 0.3) is 0 Å². The minimum Gasteiger partial charge on any atom is -0.495 e. The van der Waals surface area contributed by atoms with Gasteiger partial charge in [0.05, 0.1) is 21.8 Å². The van der Waals surface area contributed by atoms with Crippen molar-refractivity contribution in [2.24, 2.45) is 0 Å². The molecule has 1 aromatic heterocycles. The quantitative estimate of drug-likeness (QED) is 0.660. The first-order valence-corrected chi connectivity index (χ1v) is 3.18. The van der Waals surface area contributed by atoms with Gasteiger partial charge in [0.15, 0.2) is 0 Å². The lowest BCUT2D eigenvalue weighted by atomic mass is 10.5. The molecule has 0 saturated heterocycles. The Kier molecular flexibility index (Phi) is 1.27. The highest BCUT2D eigenvalue weighted by Crippen LogP contribution is 2.18. The summed E-state index contributed by atoms with van der Waals surface area (Å²) in [5, 5.41) is 0. The van der Waals surface area contributed by atoms with E-state index in [1.807, 2.05) is 0 Å². The van der Waals surface area contributed by atoms with Crippen LogP contribution in [-0.2, 0) is 0 Å². The summed E-state index contributed by atoms with van der Waals surface area (Å²) in [5.41, 5.74) is 0. The third kappa shape index (κ3) is 1.44. The van der Waals surface area contributed by atoms with E-state index in [2.05, 4.69) is 25.7 Å². The van der Waals surface area contributed by atoms with E-state index in [1.54, 1.807) is 0 Å². The summed E-state index contributed by atoms with van der Waals surface area (Å²) < 4.78 is 37.4. The molecule has 0 unspecified atom stereocenters. The lowest BCUT2D eigenvalue weighted by Crippen LogP contribution is -1.87. The standard InChI is InChI=1S/C6H5BrFNO/c1-10-4-2-5(7)6(8)9-3-4/h2-3H,1H3/i1D3. The minimum atomic E-state index is -2.54. The van der Waals surface area contributed by atoms with Gasteiger partial charge in [-0.1, -0.05) is 0 Å². The van der Waals surface area contributed by atoms with Crippen molar-refractivity contribution in [2.45, 2.75) is 0 Å². The van der Waals surface area contributed by atoms with Crippen molar-refractivity contribution < 1.29 is 13.2 Å². The van der Waals surface area contributed by atoms with Gasteiger partial charge in [-0.25, -0.2) is 4.98 Å². The number of halogens is 2. The van der Waals surface area contributed by atoms with Gasteiger partial charge < -0.3 is 4.74 Å². The van der Waals surface area contributed by atoms with Gasteiger partial charge in [0.1, 0.15) is 5.75 Å². The van der Waals surface area contributed by atoms with Crippen molar-refractivity contribution in [1.29, 1.82) is 0 Å². The number of pyridine rings is 1.